The molecule has 0 atom stereocenters. The number of aryl methyl sites for hydroxylation is 1. The van der Waals surface area contributed by atoms with Gasteiger partial charge >= 0.3 is 0 Å². The van der Waals surface area contributed by atoms with Crippen LogP contribution in [-0.4, -0.2) is 11.3 Å². The first-order chi connectivity index (χ1) is 9.22. The maximum Gasteiger partial charge on any atom is 0.152 e. The van der Waals surface area contributed by atoms with Crippen molar-refractivity contribution in [1.82, 2.24) is 4.98 Å². The van der Waals surface area contributed by atoms with Crippen LogP contribution >= 0.6 is 11.6 Å². The maximum absolute atomic E-state index is 11.5. The Morgan fingerprint density at radius 2 is 2.00 bits per heavy atom. The van der Waals surface area contributed by atoms with Gasteiger partial charge in [-0.15, -0.1) is 0 Å². The highest BCUT2D eigenvalue weighted by Gasteiger charge is 2.23. The average molecular weight is 276 g/mol. The summed E-state index contributed by atoms with van der Waals surface area (Å²) in [4.78, 5) is 15.0. The molecule has 1 N–H and O–H groups in total. The Morgan fingerprint density at radius 1 is 1.26 bits per heavy atom. The number of H-pyrrole nitrogens is 1. The molecule has 0 aliphatic heterocycles. The molecule has 1 fully saturated rings. The predicted molar refractivity (Wildman–Crippen MR) is 79.3 cm³/mol. The molecular weight excluding hydrogens is 258 g/mol. The molecule has 1 aromatic heterocycles. The van der Waals surface area contributed by atoms with Gasteiger partial charge in [0.1, 0.15) is 0 Å². The number of carbonyl (C=O) groups is 1. The second-order valence-corrected chi connectivity index (χ2v) is 5.93. The van der Waals surface area contributed by atoms with Crippen LogP contribution in [0.2, 0.25) is 5.02 Å². The van der Waals surface area contributed by atoms with E-state index in [1.807, 2.05) is 19.1 Å². The van der Waals surface area contributed by atoms with Gasteiger partial charge in [0.2, 0.25) is 0 Å². The lowest BCUT2D eigenvalue weighted by atomic mass is 9.85. The molecule has 100 valence electrons. The minimum atomic E-state index is 0.483. The van der Waals surface area contributed by atoms with Gasteiger partial charge in [-0.2, -0.15) is 0 Å². The monoisotopic (exact) mass is 275 g/mol. The number of hydrogen-bond donors (Lipinski definition) is 1. The first-order valence-electron chi connectivity index (χ1n) is 6.98. The molecule has 3 rings (SSSR count). The van der Waals surface area contributed by atoms with Crippen LogP contribution in [0.25, 0.3) is 10.9 Å². The minimum Gasteiger partial charge on any atom is -0.357 e. The van der Waals surface area contributed by atoms with Crippen LogP contribution in [0.1, 0.15) is 59.6 Å². The van der Waals surface area contributed by atoms with Gasteiger partial charge in [0, 0.05) is 16.6 Å². The summed E-state index contributed by atoms with van der Waals surface area (Å²) >= 11 is 6.29. The van der Waals surface area contributed by atoms with Crippen molar-refractivity contribution in [3.8, 4) is 0 Å². The van der Waals surface area contributed by atoms with Crippen LogP contribution in [0, 0.1) is 6.92 Å². The molecule has 1 heterocycles. The first-order valence-corrected chi connectivity index (χ1v) is 7.36. The van der Waals surface area contributed by atoms with Gasteiger partial charge in [-0.1, -0.05) is 36.9 Å². The highest BCUT2D eigenvalue weighted by atomic mass is 35.5. The lowest BCUT2D eigenvalue weighted by Gasteiger charge is -2.21. The molecule has 1 aliphatic carbocycles. The molecule has 2 nitrogen and oxygen atoms in total. The minimum absolute atomic E-state index is 0.483. The van der Waals surface area contributed by atoms with E-state index in [0.29, 0.717) is 10.9 Å². The number of aromatic amines is 1. The maximum atomic E-state index is 11.5. The number of aldehydes is 1. The van der Waals surface area contributed by atoms with E-state index in [1.54, 1.807) is 0 Å². The van der Waals surface area contributed by atoms with Gasteiger partial charge in [0.15, 0.2) is 6.29 Å². The van der Waals surface area contributed by atoms with E-state index >= 15 is 0 Å². The fourth-order valence-corrected chi connectivity index (χ4v) is 3.54. The number of halogens is 1. The van der Waals surface area contributed by atoms with Crippen molar-refractivity contribution in [3.63, 3.8) is 0 Å². The number of aromatic nitrogens is 1. The van der Waals surface area contributed by atoms with Gasteiger partial charge < -0.3 is 4.98 Å². The molecular formula is C16H18ClNO. The lowest BCUT2D eigenvalue weighted by Crippen LogP contribution is -2.06. The fourth-order valence-electron chi connectivity index (χ4n) is 3.28. The molecule has 19 heavy (non-hydrogen) atoms. The summed E-state index contributed by atoms with van der Waals surface area (Å²) in [5.74, 6) is 0.483. The van der Waals surface area contributed by atoms with Crippen LogP contribution in [0.3, 0.4) is 0 Å². The predicted octanol–water partition coefficient (Wildman–Crippen LogP) is 4.99. The van der Waals surface area contributed by atoms with E-state index in [1.165, 1.54) is 32.1 Å². The third-order valence-electron chi connectivity index (χ3n) is 4.31. The molecule has 2 aromatic rings. The number of rotatable bonds is 2. The Bertz CT molecular complexity index is 623. The number of hydrogen-bond acceptors (Lipinski definition) is 1. The summed E-state index contributed by atoms with van der Waals surface area (Å²) in [6, 6.07) is 3.88. The smallest absolute Gasteiger partial charge is 0.152 e. The van der Waals surface area contributed by atoms with Crippen LogP contribution in [0.15, 0.2) is 12.1 Å². The Morgan fingerprint density at radius 3 is 2.68 bits per heavy atom. The van der Waals surface area contributed by atoms with E-state index < -0.39 is 0 Å². The number of nitrogens with one attached hydrogen (secondary N) is 1. The van der Waals surface area contributed by atoms with Crippen molar-refractivity contribution in [2.45, 2.75) is 44.9 Å². The SMILES string of the molecule is Cc1ccc(Cl)c2c(C=O)c(C3CCCCC3)[nH]c12. The summed E-state index contributed by atoms with van der Waals surface area (Å²) in [5.41, 5.74) is 4.04. The van der Waals surface area contributed by atoms with Crippen LogP contribution < -0.4 is 0 Å². The summed E-state index contributed by atoms with van der Waals surface area (Å²) in [5, 5.41) is 1.57. The van der Waals surface area contributed by atoms with Crippen molar-refractivity contribution in [3.05, 3.63) is 34.0 Å². The van der Waals surface area contributed by atoms with Crippen molar-refractivity contribution < 1.29 is 4.79 Å². The third kappa shape index (κ3) is 2.08. The third-order valence-corrected chi connectivity index (χ3v) is 4.63. The topological polar surface area (TPSA) is 32.9 Å². The summed E-state index contributed by atoms with van der Waals surface area (Å²) in [6.07, 6.45) is 7.13. The van der Waals surface area contributed by atoms with E-state index in [2.05, 4.69) is 4.98 Å². The van der Waals surface area contributed by atoms with Gasteiger partial charge in [0.05, 0.1) is 10.5 Å². The van der Waals surface area contributed by atoms with Crippen molar-refractivity contribution in [2.24, 2.45) is 0 Å². The first kappa shape index (κ1) is 12.7. The highest BCUT2D eigenvalue weighted by Crippen LogP contribution is 2.38. The molecule has 3 heteroatoms. The molecule has 0 radical (unpaired) electrons. The number of benzene rings is 1. The van der Waals surface area contributed by atoms with E-state index in [0.717, 1.165) is 34.0 Å². The molecule has 1 aromatic carbocycles. The van der Waals surface area contributed by atoms with Crippen LogP contribution in [0.4, 0.5) is 0 Å². The summed E-state index contributed by atoms with van der Waals surface area (Å²) in [6.45, 7) is 2.05. The summed E-state index contributed by atoms with van der Waals surface area (Å²) in [7, 11) is 0. The highest BCUT2D eigenvalue weighted by molar-refractivity contribution is 6.36. The van der Waals surface area contributed by atoms with Gasteiger partial charge in [-0.25, -0.2) is 0 Å². The number of fused-ring (bicyclic) bond motifs is 1. The molecule has 0 amide bonds. The Balaban J connectivity index is 2.21. The van der Waals surface area contributed by atoms with Crippen molar-refractivity contribution in [1.29, 1.82) is 0 Å². The lowest BCUT2D eigenvalue weighted by molar-refractivity contribution is 0.112. The number of carbonyl (C=O) groups excluding carboxylic acids is 1. The normalized spacial score (nSPS) is 16.9. The Kier molecular flexibility index (Phi) is 3.36. The van der Waals surface area contributed by atoms with Gasteiger partial charge in [-0.05, 0) is 37.3 Å². The Hall–Kier alpha value is -1.28. The molecule has 1 aliphatic rings. The largest absolute Gasteiger partial charge is 0.357 e. The van der Waals surface area contributed by atoms with Crippen LogP contribution in [0.5, 0.6) is 0 Å². The molecule has 0 spiro atoms. The zero-order chi connectivity index (χ0) is 13.4. The Labute approximate surface area is 118 Å². The van der Waals surface area contributed by atoms with E-state index in [4.69, 9.17) is 11.6 Å². The zero-order valence-corrected chi connectivity index (χ0v) is 11.9. The van der Waals surface area contributed by atoms with Crippen molar-refractivity contribution in [2.75, 3.05) is 0 Å². The summed E-state index contributed by atoms with van der Waals surface area (Å²) < 4.78 is 0. The quantitative estimate of drug-likeness (QED) is 0.770. The van der Waals surface area contributed by atoms with Gasteiger partial charge in [-0.3, -0.25) is 4.79 Å². The molecule has 0 saturated heterocycles. The van der Waals surface area contributed by atoms with Crippen molar-refractivity contribution >= 4 is 28.8 Å². The average Bonchev–Trinajstić information content (AvgIpc) is 2.84. The second-order valence-electron chi connectivity index (χ2n) is 5.52. The standard InChI is InChI=1S/C16H18ClNO/c1-10-7-8-13(17)14-12(9-19)16(18-15(10)14)11-5-3-2-4-6-11/h7-9,11,18H,2-6H2,1H3. The van der Waals surface area contributed by atoms with Gasteiger partial charge in [0.25, 0.3) is 0 Å². The molecule has 0 bridgehead atoms. The molecule has 0 unspecified atom stereocenters. The second kappa shape index (κ2) is 5.01. The molecule has 1 saturated carbocycles. The van der Waals surface area contributed by atoms with E-state index in [-0.39, 0.29) is 0 Å². The zero-order valence-electron chi connectivity index (χ0n) is 11.1. The van der Waals surface area contributed by atoms with Crippen LogP contribution in [-0.2, 0) is 0 Å². The van der Waals surface area contributed by atoms with E-state index in [9.17, 15) is 4.79 Å². The fraction of sp³-hybridized carbons (Fsp3) is 0.438.